The lowest BCUT2D eigenvalue weighted by molar-refractivity contribution is -0.0547. The summed E-state index contributed by atoms with van der Waals surface area (Å²) < 4.78 is 10.6. The molecule has 1 fully saturated rings. The van der Waals surface area contributed by atoms with Gasteiger partial charge in [0.05, 0.1) is 18.3 Å². The Morgan fingerprint density at radius 3 is 2.50 bits per heavy atom. The van der Waals surface area contributed by atoms with Gasteiger partial charge in [-0.2, -0.15) is 0 Å². The first-order chi connectivity index (χ1) is 5.55. The number of hydrogen-bond donors (Lipinski definition) is 1. The van der Waals surface area contributed by atoms with Crippen LogP contribution in [0.25, 0.3) is 0 Å². The molecule has 0 saturated carbocycles. The van der Waals surface area contributed by atoms with Crippen molar-refractivity contribution in [1.29, 1.82) is 0 Å². The Morgan fingerprint density at radius 1 is 1.67 bits per heavy atom. The topological polar surface area (TPSA) is 38.7 Å². The second-order valence-electron chi connectivity index (χ2n) is 3.54. The number of rotatable bonds is 2. The molecular weight excluding hydrogens is 155 g/mol. The van der Waals surface area contributed by atoms with Gasteiger partial charge in [0, 0.05) is 19.0 Å². The first-order valence-electron chi connectivity index (χ1n) is 4.12. The van der Waals surface area contributed by atoms with E-state index in [1.807, 2.05) is 13.8 Å². The van der Waals surface area contributed by atoms with E-state index in [9.17, 15) is 0 Å². The number of aliphatic hydroxyl groups is 1. The predicted molar refractivity (Wildman–Crippen MR) is 46.1 cm³/mol. The Hall–Kier alpha value is -0.0551. The lowest BCUT2D eigenvalue weighted by Gasteiger charge is -2.26. The summed E-state index contributed by atoms with van der Waals surface area (Å²) in [4.78, 5) is 0. The van der Waals surface area contributed by atoms with Gasteiger partial charge in [0.15, 0.2) is 0 Å². The molecule has 1 saturated heterocycles. The first kappa shape index (κ1) is 10.0. The average molecular weight is 170 g/mol. The fourth-order valence-corrected chi connectivity index (χ4v) is 1.64. The lowest BCUT2D eigenvalue weighted by atomic mass is 9.84. The van der Waals surface area contributed by atoms with Gasteiger partial charge in [-0.3, -0.25) is 0 Å². The molecule has 1 aliphatic heterocycles. The molecule has 0 spiro atoms. The minimum absolute atomic E-state index is 0.0261. The lowest BCUT2D eigenvalue weighted by Crippen LogP contribution is -2.37. The largest absolute Gasteiger partial charge is 0.393 e. The Kier molecular flexibility index (Phi) is 2.81. The molecule has 2 radical (unpaired) electrons. The van der Waals surface area contributed by atoms with Crippen LogP contribution >= 0.6 is 0 Å². The summed E-state index contributed by atoms with van der Waals surface area (Å²) in [6.45, 7) is 3.79. The third kappa shape index (κ3) is 1.39. The average Bonchev–Trinajstić information content (AvgIpc) is 2.25. The fraction of sp³-hybridized carbons (Fsp3) is 1.00. The van der Waals surface area contributed by atoms with Crippen molar-refractivity contribution in [3.8, 4) is 0 Å². The molecule has 1 rings (SSSR count). The summed E-state index contributed by atoms with van der Waals surface area (Å²) >= 11 is 0. The molecule has 1 N–H and O–H groups in total. The summed E-state index contributed by atoms with van der Waals surface area (Å²) in [5.41, 5.74) is -0.555. The molecule has 12 heavy (non-hydrogen) atoms. The van der Waals surface area contributed by atoms with Crippen LogP contribution in [0, 0.1) is 5.92 Å². The monoisotopic (exact) mass is 170 g/mol. The molecule has 0 bridgehead atoms. The van der Waals surface area contributed by atoms with Crippen LogP contribution in [-0.4, -0.2) is 44.4 Å². The van der Waals surface area contributed by atoms with Crippen molar-refractivity contribution in [1.82, 2.24) is 0 Å². The molecule has 68 valence electrons. The minimum Gasteiger partial charge on any atom is -0.393 e. The van der Waals surface area contributed by atoms with E-state index in [1.165, 1.54) is 0 Å². The number of aliphatic hydroxyl groups excluding tert-OH is 1. The number of ether oxygens (including phenoxy) is 2. The standard InChI is InChI=1S/C8H15BO3/c1-5-6(11-3)7(9)12-8(5,2)4-10/h5-7,10H,4H2,1-3H3/t5-,6?,7-,8-/m1/s1. The smallest absolute Gasteiger partial charge is 0.112 e. The molecule has 0 aromatic heterocycles. The van der Waals surface area contributed by atoms with E-state index in [4.69, 9.17) is 22.4 Å². The van der Waals surface area contributed by atoms with E-state index in [2.05, 4.69) is 0 Å². The van der Waals surface area contributed by atoms with Crippen LogP contribution in [0.2, 0.25) is 0 Å². The third-order valence-corrected chi connectivity index (χ3v) is 2.77. The van der Waals surface area contributed by atoms with Gasteiger partial charge in [-0.1, -0.05) is 6.92 Å². The second-order valence-corrected chi connectivity index (χ2v) is 3.54. The molecule has 0 aromatic carbocycles. The molecule has 0 aliphatic carbocycles. The van der Waals surface area contributed by atoms with Gasteiger partial charge in [0.2, 0.25) is 0 Å². The van der Waals surface area contributed by atoms with Crippen LogP contribution in [0.15, 0.2) is 0 Å². The molecule has 0 aromatic rings. The van der Waals surface area contributed by atoms with Gasteiger partial charge in [0.25, 0.3) is 0 Å². The highest BCUT2D eigenvalue weighted by Gasteiger charge is 2.47. The van der Waals surface area contributed by atoms with Crippen molar-refractivity contribution in [2.24, 2.45) is 5.92 Å². The van der Waals surface area contributed by atoms with Gasteiger partial charge in [-0.05, 0) is 6.92 Å². The van der Waals surface area contributed by atoms with E-state index in [1.54, 1.807) is 7.11 Å². The third-order valence-electron chi connectivity index (χ3n) is 2.77. The van der Waals surface area contributed by atoms with E-state index in [-0.39, 0.29) is 18.6 Å². The van der Waals surface area contributed by atoms with E-state index >= 15 is 0 Å². The van der Waals surface area contributed by atoms with Gasteiger partial charge < -0.3 is 14.6 Å². The van der Waals surface area contributed by atoms with Gasteiger partial charge in [-0.15, -0.1) is 0 Å². The minimum atomic E-state index is -0.555. The van der Waals surface area contributed by atoms with E-state index < -0.39 is 11.6 Å². The van der Waals surface area contributed by atoms with Crippen molar-refractivity contribution < 1.29 is 14.6 Å². The SMILES string of the molecule is [B][C@@H]1O[C@](C)(CO)[C@H](C)C1OC. The second kappa shape index (κ2) is 3.36. The Labute approximate surface area is 74.5 Å². The van der Waals surface area contributed by atoms with Crippen LogP contribution in [0.4, 0.5) is 0 Å². The van der Waals surface area contributed by atoms with Crippen molar-refractivity contribution >= 4 is 7.85 Å². The van der Waals surface area contributed by atoms with Crippen molar-refractivity contribution in [3.05, 3.63) is 0 Å². The Balaban J connectivity index is 2.74. The maximum Gasteiger partial charge on any atom is 0.112 e. The van der Waals surface area contributed by atoms with E-state index in [0.29, 0.717) is 0 Å². The van der Waals surface area contributed by atoms with Crippen molar-refractivity contribution in [2.45, 2.75) is 31.6 Å². The Bertz CT molecular complexity index is 164. The maximum atomic E-state index is 9.09. The molecule has 0 amide bonds. The molecule has 4 atom stereocenters. The summed E-state index contributed by atoms with van der Waals surface area (Å²) in [7, 11) is 7.28. The fourth-order valence-electron chi connectivity index (χ4n) is 1.64. The summed E-state index contributed by atoms with van der Waals surface area (Å²) in [5, 5.41) is 9.09. The number of hydrogen-bond acceptors (Lipinski definition) is 3. The molecule has 4 heteroatoms. The summed E-state index contributed by atoms with van der Waals surface area (Å²) in [5.74, 6) is 0.113. The van der Waals surface area contributed by atoms with Gasteiger partial charge >= 0.3 is 0 Å². The molecule has 1 heterocycles. The quantitative estimate of drug-likeness (QED) is 0.588. The highest BCUT2D eigenvalue weighted by atomic mass is 16.6. The molecule has 1 aliphatic rings. The van der Waals surface area contributed by atoms with Crippen LogP contribution in [-0.2, 0) is 9.47 Å². The summed E-state index contributed by atoms with van der Waals surface area (Å²) in [6, 6.07) is -0.429. The highest BCUT2D eigenvalue weighted by molar-refractivity contribution is 6.11. The maximum absolute atomic E-state index is 9.09. The van der Waals surface area contributed by atoms with E-state index in [0.717, 1.165) is 0 Å². The van der Waals surface area contributed by atoms with Gasteiger partial charge in [-0.25, -0.2) is 0 Å². The summed E-state index contributed by atoms with van der Waals surface area (Å²) in [6.07, 6.45) is -0.123. The number of methoxy groups -OCH3 is 1. The van der Waals surface area contributed by atoms with Crippen molar-refractivity contribution in [2.75, 3.05) is 13.7 Å². The predicted octanol–water partition coefficient (Wildman–Crippen LogP) is -0.0867. The van der Waals surface area contributed by atoms with Crippen LogP contribution in [0.5, 0.6) is 0 Å². The zero-order valence-electron chi connectivity index (χ0n) is 7.78. The molecule has 1 unspecified atom stereocenters. The molecular formula is C8H15BO3. The highest BCUT2D eigenvalue weighted by Crippen LogP contribution is 2.35. The van der Waals surface area contributed by atoms with Gasteiger partial charge in [0.1, 0.15) is 7.85 Å². The van der Waals surface area contributed by atoms with Crippen LogP contribution < -0.4 is 0 Å². The zero-order chi connectivity index (χ0) is 9.35. The molecule has 3 nitrogen and oxygen atoms in total. The van der Waals surface area contributed by atoms with Crippen LogP contribution in [0.3, 0.4) is 0 Å². The normalized spacial score (nSPS) is 48.2. The first-order valence-corrected chi connectivity index (χ1v) is 4.12. The zero-order valence-corrected chi connectivity index (χ0v) is 7.78. The van der Waals surface area contributed by atoms with Crippen molar-refractivity contribution in [3.63, 3.8) is 0 Å². The van der Waals surface area contributed by atoms with Crippen LogP contribution in [0.1, 0.15) is 13.8 Å². The Morgan fingerprint density at radius 2 is 2.25 bits per heavy atom.